The van der Waals surface area contributed by atoms with Crippen molar-refractivity contribution in [1.29, 1.82) is 0 Å². The van der Waals surface area contributed by atoms with E-state index < -0.39 is 0 Å². The van der Waals surface area contributed by atoms with E-state index >= 15 is 0 Å². The molecular formula is C11H9N3O2S. The fourth-order valence-corrected chi connectivity index (χ4v) is 2.48. The number of hydrogen-bond donors (Lipinski definition) is 1. The highest BCUT2D eigenvalue weighted by atomic mass is 32.2. The lowest BCUT2D eigenvalue weighted by atomic mass is 10.3. The first-order valence-corrected chi connectivity index (χ1v) is 6.29. The lowest BCUT2D eigenvalue weighted by Crippen LogP contribution is -2.43. The third-order valence-electron chi connectivity index (χ3n) is 2.54. The molecule has 1 saturated heterocycles. The number of H-pyrrole nitrogens is 1. The van der Waals surface area contributed by atoms with Crippen molar-refractivity contribution in [3.05, 3.63) is 24.3 Å². The smallest absolute Gasteiger partial charge is 0.246 e. The van der Waals surface area contributed by atoms with Gasteiger partial charge in [-0.3, -0.25) is 9.59 Å². The van der Waals surface area contributed by atoms with Crippen LogP contribution in [0.15, 0.2) is 24.3 Å². The van der Waals surface area contributed by atoms with Crippen LogP contribution in [0.2, 0.25) is 0 Å². The Hall–Kier alpha value is -1.82. The van der Waals surface area contributed by atoms with Crippen LogP contribution in [0, 0.1) is 0 Å². The number of carbonyl (C=O) groups excluding carboxylic acids is 2. The number of hydrogen-bond acceptors (Lipinski definition) is 4. The number of aromatic amines is 1. The third-order valence-corrected chi connectivity index (χ3v) is 3.44. The molecule has 1 aromatic heterocycles. The number of imide groups is 1. The molecule has 0 bridgehead atoms. The summed E-state index contributed by atoms with van der Waals surface area (Å²) in [6, 6.07) is 7.44. The van der Waals surface area contributed by atoms with Crippen molar-refractivity contribution in [3.63, 3.8) is 0 Å². The van der Waals surface area contributed by atoms with E-state index in [0.717, 1.165) is 15.9 Å². The topological polar surface area (TPSA) is 66.1 Å². The van der Waals surface area contributed by atoms with Crippen LogP contribution in [-0.2, 0) is 9.59 Å². The lowest BCUT2D eigenvalue weighted by molar-refractivity contribution is -0.124. The van der Waals surface area contributed by atoms with Crippen LogP contribution in [0.5, 0.6) is 0 Å². The summed E-state index contributed by atoms with van der Waals surface area (Å²) in [6.07, 6.45) is 0. The number of carbonyl (C=O) groups is 2. The molecule has 3 rings (SSSR count). The number of thioether (sulfide) groups is 1. The minimum absolute atomic E-state index is 0.217. The molecule has 2 amide bonds. The van der Waals surface area contributed by atoms with Gasteiger partial charge in [-0.15, -0.1) is 11.8 Å². The second-order valence-corrected chi connectivity index (χ2v) is 4.68. The minimum atomic E-state index is -0.217. The SMILES string of the molecule is O=C1CSCC(=O)N1c1nc2ccccc2[nH]1. The average molecular weight is 247 g/mol. The van der Waals surface area contributed by atoms with Gasteiger partial charge >= 0.3 is 0 Å². The summed E-state index contributed by atoms with van der Waals surface area (Å²) in [7, 11) is 0. The summed E-state index contributed by atoms with van der Waals surface area (Å²) in [4.78, 5) is 31.8. The maximum Gasteiger partial charge on any atom is 0.246 e. The first-order valence-electron chi connectivity index (χ1n) is 5.14. The van der Waals surface area contributed by atoms with E-state index in [1.54, 1.807) is 0 Å². The number of nitrogens with zero attached hydrogens (tertiary/aromatic N) is 2. The first-order chi connectivity index (χ1) is 8.25. The van der Waals surface area contributed by atoms with Gasteiger partial charge in [0.2, 0.25) is 17.8 Å². The number of nitrogens with one attached hydrogen (secondary N) is 1. The highest BCUT2D eigenvalue weighted by molar-refractivity contribution is 8.00. The summed E-state index contributed by atoms with van der Waals surface area (Å²) in [5, 5.41) is 0. The molecule has 1 aliphatic heterocycles. The van der Waals surface area contributed by atoms with Gasteiger partial charge in [0.1, 0.15) is 0 Å². The molecule has 2 aromatic rings. The maximum absolute atomic E-state index is 11.7. The normalized spacial score (nSPS) is 16.8. The monoisotopic (exact) mass is 247 g/mol. The van der Waals surface area contributed by atoms with Gasteiger partial charge in [0.25, 0.3) is 0 Å². The molecule has 86 valence electrons. The molecule has 0 saturated carbocycles. The molecule has 5 nitrogen and oxygen atoms in total. The van der Waals surface area contributed by atoms with E-state index in [9.17, 15) is 9.59 Å². The third kappa shape index (κ3) is 1.70. The van der Waals surface area contributed by atoms with Crippen LogP contribution in [0.1, 0.15) is 0 Å². The molecule has 1 N–H and O–H groups in total. The number of para-hydroxylation sites is 2. The van der Waals surface area contributed by atoms with Crippen molar-refractivity contribution in [2.45, 2.75) is 0 Å². The molecule has 1 fully saturated rings. The fraction of sp³-hybridized carbons (Fsp3) is 0.182. The van der Waals surface area contributed by atoms with Gasteiger partial charge in [-0.1, -0.05) is 12.1 Å². The number of imidazole rings is 1. The van der Waals surface area contributed by atoms with E-state index in [-0.39, 0.29) is 11.8 Å². The summed E-state index contributed by atoms with van der Waals surface area (Å²) < 4.78 is 0. The molecular weight excluding hydrogens is 238 g/mol. The molecule has 1 aliphatic rings. The van der Waals surface area contributed by atoms with Crippen molar-refractivity contribution in [2.75, 3.05) is 16.4 Å². The Kier molecular flexibility index (Phi) is 2.36. The molecule has 1 aromatic carbocycles. The van der Waals surface area contributed by atoms with Crippen LogP contribution in [0.3, 0.4) is 0 Å². The molecule has 6 heteroatoms. The molecule has 0 aliphatic carbocycles. The van der Waals surface area contributed by atoms with Crippen molar-refractivity contribution in [2.24, 2.45) is 0 Å². The van der Waals surface area contributed by atoms with Gasteiger partial charge in [0.05, 0.1) is 22.5 Å². The van der Waals surface area contributed by atoms with Crippen LogP contribution < -0.4 is 4.90 Å². The van der Waals surface area contributed by atoms with E-state index in [2.05, 4.69) is 9.97 Å². The zero-order valence-corrected chi connectivity index (χ0v) is 9.66. The predicted molar refractivity (Wildman–Crippen MR) is 65.9 cm³/mol. The molecule has 17 heavy (non-hydrogen) atoms. The molecule has 0 unspecified atom stereocenters. The number of anilines is 1. The van der Waals surface area contributed by atoms with E-state index in [4.69, 9.17) is 0 Å². The van der Waals surface area contributed by atoms with Crippen LogP contribution in [0.25, 0.3) is 11.0 Å². The second kappa shape index (κ2) is 3.89. The summed E-state index contributed by atoms with van der Waals surface area (Å²) in [5.41, 5.74) is 1.57. The average Bonchev–Trinajstić information content (AvgIpc) is 2.71. The number of benzene rings is 1. The van der Waals surface area contributed by atoms with Gasteiger partial charge in [-0.25, -0.2) is 9.88 Å². The van der Waals surface area contributed by atoms with Crippen molar-refractivity contribution in [3.8, 4) is 0 Å². The first kappa shape index (κ1) is 10.3. The number of rotatable bonds is 1. The Morgan fingerprint density at radius 1 is 1.18 bits per heavy atom. The quantitative estimate of drug-likeness (QED) is 0.768. The Balaban J connectivity index is 2.07. The van der Waals surface area contributed by atoms with Crippen LogP contribution in [-0.4, -0.2) is 33.3 Å². The Morgan fingerprint density at radius 3 is 2.59 bits per heavy atom. The highest BCUT2D eigenvalue weighted by Crippen LogP contribution is 2.21. The molecule has 0 spiro atoms. The Labute approximate surface area is 101 Å². The number of fused-ring (bicyclic) bond motifs is 1. The largest absolute Gasteiger partial charge is 0.323 e. The zero-order valence-electron chi connectivity index (χ0n) is 8.84. The van der Waals surface area contributed by atoms with E-state index in [1.165, 1.54) is 11.8 Å². The van der Waals surface area contributed by atoms with Gasteiger partial charge in [-0.2, -0.15) is 0 Å². The molecule has 0 atom stereocenters. The van der Waals surface area contributed by atoms with Gasteiger partial charge in [0.15, 0.2) is 0 Å². The van der Waals surface area contributed by atoms with E-state index in [0.29, 0.717) is 17.5 Å². The Bertz CT molecular complexity index is 559. The fourth-order valence-electron chi connectivity index (χ4n) is 1.78. The maximum atomic E-state index is 11.7. The van der Waals surface area contributed by atoms with Gasteiger partial charge < -0.3 is 4.98 Å². The summed E-state index contributed by atoms with van der Waals surface area (Å²) in [5.74, 6) is 0.531. The van der Waals surface area contributed by atoms with Crippen LogP contribution in [0.4, 0.5) is 5.95 Å². The Morgan fingerprint density at radius 2 is 1.88 bits per heavy atom. The lowest BCUT2D eigenvalue weighted by Gasteiger charge is -2.21. The predicted octanol–water partition coefficient (Wildman–Crippen LogP) is 1.17. The van der Waals surface area contributed by atoms with Gasteiger partial charge in [0, 0.05) is 0 Å². The second-order valence-electron chi connectivity index (χ2n) is 3.69. The van der Waals surface area contributed by atoms with Gasteiger partial charge in [-0.05, 0) is 12.1 Å². The van der Waals surface area contributed by atoms with E-state index in [1.807, 2.05) is 24.3 Å². The summed E-state index contributed by atoms with van der Waals surface area (Å²) in [6.45, 7) is 0. The standard InChI is InChI=1S/C11H9N3O2S/c15-9-5-17-6-10(16)14(9)11-12-7-3-1-2-4-8(7)13-11/h1-4H,5-6H2,(H,12,13). The van der Waals surface area contributed by atoms with Crippen LogP contribution >= 0.6 is 11.8 Å². The summed E-state index contributed by atoms with van der Waals surface area (Å²) >= 11 is 1.33. The van der Waals surface area contributed by atoms with Crippen molar-refractivity contribution in [1.82, 2.24) is 9.97 Å². The zero-order chi connectivity index (χ0) is 11.8. The molecule has 2 heterocycles. The molecule has 0 radical (unpaired) electrons. The number of aromatic nitrogens is 2. The minimum Gasteiger partial charge on any atom is -0.323 e. The van der Waals surface area contributed by atoms with Crippen molar-refractivity contribution < 1.29 is 9.59 Å². The van der Waals surface area contributed by atoms with Crippen molar-refractivity contribution >= 4 is 40.6 Å². The number of amides is 2. The highest BCUT2D eigenvalue weighted by Gasteiger charge is 2.30.